The average Bonchev–Trinajstić information content (AvgIpc) is 2.37. The van der Waals surface area contributed by atoms with Crippen LogP contribution in [-0.4, -0.2) is 15.9 Å². The minimum Gasteiger partial charge on any atom is -0.383 e. The van der Waals surface area contributed by atoms with Gasteiger partial charge in [0.1, 0.15) is 22.2 Å². The SMILES string of the molecule is CC(C)(C#N)C(=O)Nc1cc2cc(Cl)nc(N)c2cn1. The Morgan fingerprint density at radius 2 is 2.20 bits per heavy atom. The number of nitriles is 1. The topological polar surface area (TPSA) is 105 Å². The van der Waals surface area contributed by atoms with Crippen LogP contribution in [0.5, 0.6) is 0 Å². The number of rotatable bonds is 2. The molecule has 1 amide bonds. The molecule has 0 radical (unpaired) electrons. The molecular formula is C13H12ClN5O. The van der Waals surface area contributed by atoms with Gasteiger partial charge in [0, 0.05) is 11.6 Å². The first-order chi connectivity index (χ1) is 9.33. The molecule has 2 heterocycles. The number of fused-ring (bicyclic) bond motifs is 1. The molecule has 2 aromatic heterocycles. The molecular weight excluding hydrogens is 278 g/mol. The van der Waals surface area contributed by atoms with E-state index in [1.165, 1.54) is 20.0 Å². The largest absolute Gasteiger partial charge is 0.383 e. The van der Waals surface area contributed by atoms with Crippen molar-refractivity contribution in [2.24, 2.45) is 5.41 Å². The summed E-state index contributed by atoms with van der Waals surface area (Å²) in [5, 5.41) is 13.1. The number of hydrogen-bond donors (Lipinski definition) is 2. The second-order valence-electron chi connectivity index (χ2n) is 4.81. The van der Waals surface area contributed by atoms with Crippen LogP contribution in [0.4, 0.5) is 11.6 Å². The van der Waals surface area contributed by atoms with Crippen LogP contribution in [0.25, 0.3) is 10.8 Å². The molecule has 0 unspecified atom stereocenters. The van der Waals surface area contributed by atoms with E-state index in [0.29, 0.717) is 16.6 Å². The number of carbonyl (C=O) groups excluding carboxylic acids is 1. The number of nitrogens with two attached hydrogens (primary N) is 1. The fraction of sp³-hybridized carbons (Fsp3) is 0.231. The molecule has 0 atom stereocenters. The Kier molecular flexibility index (Phi) is 3.47. The van der Waals surface area contributed by atoms with Crippen molar-refractivity contribution in [3.05, 3.63) is 23.5 Å². The Hall–Kier alpha value is -2.39. The molecule has 2 rings (SSSR count). The van der Waals surface area contributed by atoms with Crippen LogP contribution in [0, 0.1) is 16.7 Å². The highest BCUT2D eigenvalue weighted by atomic mass is 35.5. The number of hydrogen-bond acceptors (Lipinski definition) is 5. The fourth-order valence-electron chi connectivity index (χ4n) is 1.53. The van der Waals surface area contributed by atoms with Gasteiger partial charge in [-0.25, -0.2) is 9.97 Å². The van der Waals surface area contributed by atoms with E-state index in [1.807, 2.05) is 6.07 Å². The second kappa shape index (κ2) is 4.94. The van der Waals surface area contributed by atoms with Crippen LogP contribution in [0.15, 0.2) is 18.3 Å². The Balaban J connectivity index is 2.38. The highest BCUT2D eigenvalue weighted by Gasteiger charge is 2.27. The van der Waals surface area contributed by atoms with Gasteiger partial charge in [0.15, 0.2) is 0 Å². The number of anilines is 2. The number of nitrogens with zero attached hydrogens (tertiary/aromatic N) is 3. The second-order valence-corrected chi connectivity index (χ2v) is 5.20. The quantitative estimate of drug-likeness (QED) is 0.826. The lowest BCUT2D eigenvalue weighted by atomic mass is 9.95. The van der Waals surface area contributed by atoms with Crippen molar-refractivity contribution in [3.8, 4) is 6.07 Å². The molecule has 0 aliphatic carbocycles. The highest BCUT2D eigenvalue weighted by molar-refractivity contribution is 6.30. The van der Waals surface area contributed by atoms with E-state index in [1.54, 1.807) is 12.1 Å². The zero-order chi connectivity index (χ0) is 14.9. The third kappa shape index (κ3) is 2.63. The molecule has 0 saturated carbocycles. The first-order valence-corrected chi connectivity index (χ1v) is 6.16. The number of nitrogen functional groups attached to an aromatic ring is 1. The van der Waals surface area contributed by atoms with E-state index in [4.69, 9.17) is 22.6 Å². The summed E-state index contributed by atoms with van der Waals surface area (Å²) in [6.45, 7) is 3.06. The molecule has 6 nitrogen and oxygen atoms in total. The normalized spacial score (nSPS) is 11.1. The van der Waals surface area contributed by atoms with Crippen LogP contribution in [-0.2, 0) is 4.79 Å². The van der Waals surface area contributed by atoms with Crippen LogP contribution < -0.4 is 11.1 Å². The molecule has 0 bridgehead atoms. The summed E-state index contributed by atoms with van der Waals surface area (Å²) in [7, 11) is 0. The minimum atomic E-state index is -1.13. The standard InChI is InChI=1S/C13H12ClN5O/c1-13(2,6-15)12(20)19-10-4-7-3-9(14)18-11(16)8(7)5-17-10/h3-5H,1-2H3,(H2,16,18)(H,17,19,20). The highest BCUT2D eigenvalue weighted by Crippen LogP contribution is 2.25. The third-order valence-corrected chi connectivity index (χ3v) is 3.00. The molecule has 0 spiro atoms. The Morgan fingerprint density at radius 1 is 1.50 bits per heavy atom. The first kappa shape index (κ1) is 14.0. The number of amides is 1. The van der Waals surface area contributed by atoms with Gasteiger partial charge in [-0.2, -0.15) is 5.26 Å². The number of halogens is 1. The maximum atomic E-state index is 11.9. The Labute approximate surface area is 120 Å². The average molecular weight is 290 g/mol. The summed E-state index contributed by atoms with van der Waals surface area (Å²) in [6, 6.07) is 5.18. The van der Waals surface area contributed by atoms with Crippen molar-refractivity contribution in [1.82, 2.24) is 9.97 Å². The number of aromatic nitrogens is 2. The molecule has 0 aliphatic rings. The van der Waals surface area contributed by atoms with Crippen molar-refractivity contribution in [3.63, 3.8) is 0 Å². The predicted molar refractivity (Wildman–Crippen MR) is 77.0 cm³/mol. The van der Waals surface area contributed by atoms with Crippen LogP contribution in [0.3, 0.4) is 0 Å². The molecule has 0 saturated heterocycles. The fourth-order valence-corrected chi connectivity index (χ4v) is 1.74. The summed E-state index contributed by atoms with van der Waals surface area (Å²) in [6.07, 6.45) is 1.50. The maximum absolute atomic E-state index is 11.9. The van der Waals surface area contributed by atoms with E-state index in [-0.39, 0.29) is 11.0 Å². The van der Waals surface area contributed by atoms with Crippen molar-refractivity contribution < 1.29 is 4.79 Å². The van der Waals surface area contributed by atoms with Gasteiger partial charge in [-0.1, -0.05) is 11.6 Å². The Bertz CT molecular complexity index is 735. The smallest absolute Gasteiger partial charge is 0.245 e. The summed E-state index contributed by atoms with van der Waals surface area (Å²) in [5.74, 6) is 0.169. The molecule has 0 aliphatic heterocycles. The molecule has 102 valence electrons. The summed E-state index contributed by atoms with van der Waals surface area (Å²) in [4.78, 5) is 19.9. The van der Waals surface area contributed by atoms with Crippen LogP contribution in [0.2, 0.25) is 5.15 Å². The van der Waals surface area contributed by atoms with Crippen molar-refractivity contribution in [1.29, 1.82) is 5.26 Å². The van der Waals surface area contributed by atoms with Gasteiger partial charge in [0.2, 0.25) is 5.91 Å². The first-order valence-electron chi connectivity index (χ1n) is 5.78. The zero-order valence-electron chi connectivity index (χ0n) is 10.9. The van der Waals surface area contributed by atoms with Gasteiger partial charge >= 0.3 is 0 Å². The van der Waals surface area contributed by atoms with Crippen LogP contribution in [0.1, 0.15) is 13.8 Å². The van der Waals surface area contributed by atoms with Gasteiger partial charge in [-0.15, -0.1) is 0 Å². The summed E-state index contributed by atoms with van der Waals surface area (Å²) < 4.78 is 0. The van der Waals surface area contributed by atoms with E-state index in [0.717, 1.165) is 0 Å². The summed E-state index contributed by atoms with van der Waals surface area (Å²) >= 11 is 5.84. The van der Waals surface area contributed by atoms with Gasteiger partial charge in [0.25, 0.3) is 0 Å². The molecule has 7 heteroatoms. The Morgan fingerprint density at radius 3 is 2.85 bits per heavy atom. The third-order valence-electron chi connectivity index (χ3n) is 2.80. The van der Waals surface area contributed by atoms with Gasteiger partial charge in [-0.3, -0.25) is 4.79 Å². The van der Waals surface area contributed by atoms with E-state index < -0.39 is 11.3 Å². The lowest BCUT2D eigenvalue weighted by Gasteiger charge is -2.14. The molecule has 2 aromatic rings. The molecule has 0 fully saturated rings. The molecule has 20 heavy (non-hydrogen) atoms. The predicted octanol–water partition coefficient (Wildman–Crippen LogP) is 2.35. The number of pyridine rings is 2. The molecule has 0 aromatic carbocycles. The van der Waals surface area contributed by atoms with Crippen molar-refractivity contribution in [2.45, 2.75) is 13.8 Å². The number of nitrogens with one attached hydrogen (secondary N) is 1. The minimum absolute atomic E-state index is 0.260. The van der Waals surface area contributed by atoms with E-state index in [9.17, 15) is 4.79 Å². The summed E-state index contributed by atoms with van der Waals surface area (Å²) in [5.41, 5.74) is 4.60. The van der Waals surface area contributed by atoms with Gasteiger partial charge < -0.3 is 11.1 Å². The monoisotopic (exact) mass is 289 g/mol. The molecule has 3 N–H and O–H groups in total. The maximum Gasteiger partial charge on any atom is 0.245 e. The van der Waals surface area contributed by atoms with Crippen LogP contribution >= 0.6 is 11.6 Å². The van der Waals surface area contributed by atoms with Gasteiger partial charge in [0.05, 0.1) is 6.07 Å². The van der Waals surface area contributed by atoms with Crippen molar-refractivity contribution in [2.75, 3.05) is 11.1 Å². The van der Waals surface area contributed by atoms with Gasteiger partial charge in [-0.05, 0) is 31.4 Å². The zero-order valence-corrected chi connectivity index (χ0v) is 11.7. The van der Waals surface area contributed by atoms with E-state index >= 15 is 0 Å². The number of carbonyl (C=O) groups is 1. The lowest BCUT2D eigenvalue weighted by Crippen LogP contribution is -2.29. The van der Waals surface area contributed by atoms with Crippen molar-refractivity contribution >= 4 is 39.9 Å². The lowest BCUT2D eigenvalue weighted by molar-refractivity contribution is -0.121. The van der Waals surface area contributed by atoms with E-state index in [2.05, 4.69) is 15.3 Å².